The first-order valence-electron chi connectivity index (χ1n) is 10.3. The maximum Gasteiger partial charge on any atom is 0.408 e. The lowest BCUT2D eigenvalue weighted by Crippen LogP contribution is -2.57. The summed E-state index contributed by atoms with van der Waals surface area (Å²) in [5, 5.41) is 2.54. The zero-order valence-corrected chi connectivity index (χ0v) is 19.2. The second kappa shape index (κ2) is 10.6. The van der Waals surface area contributed by atoms with Gasteiger partial charge in [0.15, 0.2) is 0 Å². The van der Waals surface area contributed by atoms with Crippen molar-refractivity contribution < 1.29 is 37.7 Å². The molecule has 0 aliphatic carbocycles. The van der Waals surface area contributed by atoms with Crippen LogP contribution in [0.4, 0.5) is 9.18 Å². The largest absolute Gasteiger partial charge is 0.488 e. The first-order chi connectivity index (χ1) is 14.9. The molecule has 0 spiro atoms. The van der Waals surface area contributed by atoms with Gasteiger partial charge in [0.25, 0.3) is 0 Å². The summed E-state index contributed by atoms with van der Waals surface area (Å²) in [5.74, 6) is -1.14. The molecule has 2 amide bonds. The van der Waals surface area contributed by atoms with Gasteiger partial charge in [-0.15, -0.1) is 0 Å². The van der Waals surface area contributed by atoms with Gasteiger partial charge in [0.1, 0.15) is 35.4 Å². The molecule has 1 aliphatic heterocycles. The van der Waals surface area contributed by atoms with Crippen LogP contribution in [0.2, 0.25) is 0 Å². The Bertz CT molecular complexity index is 809. The van der Waals surface area contributed by atoms with Gasteiger partial charge in [0.2, 0.25) is 5.91 Å². The number of rotatable bonds is 7. The summed E-state index contributed by atoms with van der Waals surface area (Å²) in [4.78, 5) is 39.4. The van der Waals surface area contributed by atoms with Gasteiger partial charge in [-0.25, -0.2) is 14.0 Å². The summed E-state index contributed by atoms with van der Waals surface area (Å²) >= 11 is 0. The highest BCUT2D eigenvalue weighted by Gasteiger charge is 2.45. The zero-order valence-electron chi connectivity index (χ0n) is 19.2. The zero-order chi connectivity index (χ0) is 24.1. The lowest BCUT2D eigenvalue weighted by atomic mass is 10.1. The molecule has 0 unspecified atom stereocenters. The Morgan fingerprint density at radius 2 is 1.78 bits per heavy atom. The Hall–Kier alpha value is -2.88. The smallest absolute Gasteiger partial charge is 0.408 e. The van der Waals surface area contributed by atoms with Crippen molar-refractivity contribution in [3.05, 3.63) is 30.1 Å². The van der Waals surface area contributed by atoms with Crippen molar-refractivity contribution in [1.29, 1.82) is 0 Å². The number of alkyl carbamates (subject to hydrolysis) is 1. The van der Waals surface area contributed by atoms with Crippen LogP contribution in [0.1, 0.15) is 34.1 Å². The highest BCUT2D eigenvalue weighted by atomic mass is 19.1. The minimum atomic E-state index is -1.11. The lowest BCUT2D eigenvalue weighted by molar-refractivity contribution is -0.152. The summed E-state index contributed by atoms with van der Waals surface area (Å²) in [6, 6.07) is 3.43. The van der Waals surface area contributed by atoms with E-state index in [-0.39, 0.29) is 13.0 Å². The molecule has 178 valence electrons. The summed E-state index contributed by atoms with van der Waals surface area (Å²) in [6.07, 6.45) is -1.84. The number of esters is 1. The lowest BCUT2D eigenvalue weighted by Gasteiger charge is -2.31. The fraction of sp³-hybridized carbons (Fsp3) is 0.591. The van der Waals surface area contributed by atoms with Crippen molar-refractivity contribution in [2.24, 2.45) is 0 Å². The van der Waals surface area contributed by atoms with E-state index in [2.05, 4.69) is 5.32 Å². The number of ether oxygens (including phenoxy) is 4. The monoisotopic (exact) mass is 454 g/mol. The fourth-order valence-corrected chi connectivity index (χ4v) is 3.32. The van der Waals surface area contributed by atoms with Crippen LogP contribution in [0.15, 0.2) is 24.3 Å². The second-order valence-electron chi connectivity index (χ2n) is 8.52. The van der Waals surface area contributed by atoms with Crippen molar-refractivity contribution in [3.8, 4) is 5.75 Å². The predicted molar refractivity (Wildman–Crippen MR) is 113 cm³/mol. The van der Waals surface area contributed by atoms with Crippen molar-refractivity contribution >= 4 is 18.0 Å². The molecular weight excluding hydrogens is 423 g/mol. The first kappa shape index (κ1) is 25.4. The number of hydrogen-bond donors (Lipinski definition) is 1. The molecule has 9 nitrogen and oxygen atoms in total. The molecule has 0 bridgehead atoms. The highest BCUT2D eigenvalue weighted by Crippen LogP contribution is 2.25. The van der Waals surface area contributed by atoms with E-state index < -0.39 is 53.7 Å². The minimum Gasteiger partial charge on any atom is -0.488 e. The molecular formula is C22H31FN2O7. The number of carbonyl (C=O) groups is 3. The molecule has 1 aromatic rings. The van der Waals surface area contributed by atoms with Gasteiger partial charge in [-0.3, -0.25) is 4.79 Å². The number of hydrogen-bond acceptors (Lipinski definition) is 7. The van der Waals surface area contributed by atoms with E-state index in [1.807, 2.05) is 0 Å². The van der Waals surface area contributed by atoms with Crippen LogP contribution in [0.5, 0.6) is 5.75 Å². The predicted octanol–water partition coefficient (Wildman–Crippen LogP) is 2.28. The second-order valence-corrected chi connectivity index (χ2v) is 8.52. The van der Waals surface area contributed by atoms with Gasteiger partial charge in [-0.1, -0.05) is 0 Å². The highest BCUT2D eigenvalue weighted by molar-refractivity contribution is 5.90. The third-order valence-electron chi connectivity index (χ3n) is 4.91. The van der Waals surface area contributed by atoms with E-state index in [1.54, 1.807) is 27.7 Å². The van der Waals surface area contributed by atoms with Crippen LogP contribution in [0.25, 0.3) is 0 Å². The van der Waals surface area contributed by atoms with Crippen LogP contribution in [-0.2, 0) is 23.8 Å². The van der Waals surface area contributed by atoms with Gasteiger partial charge in [0.05, 0.1) is 19.8 Å². The van der Waals surface area contributed by atoms with E-state index in [9.17, 15) is 18.8 Å². The van der Waals surface area contributed by atoms with Crippen LogP contribution in [-0.4, -0.2) is 73.5 Å². The molecule has 1 N–H and O–H groups in total. The van der Waals surface area contributed by atoms with Gasteiger partial charge in [-0.2, -0.15) is 0 Å². The van der Waals surface area contributed by atoms with Crippen LogP contribution in [0.3, 0.4) is 0 Å². The van der Waals surface area contributed by atoms with E-state index in [0.29, 0.717) is 5.75 Å². The molecule has 32 heavy (non-hydrogen) atoms. The Morgan fingerprint density at radius 3 is 2.31 bits per heavy atom. The molecule has 10 heteroatoms. The van der Waals surface area contributed by atoms with Crippen LogP contribution < -0.4 is 10.1 Å². The van der Waals surface area contributed by atoms with Gasteiger partial charge in [-0.05, 0) is 52.0 Å². The summed E-state index contributed by atoms with van der Waals surface area (Å²) in [5.41, 5.74) is -0.760. The third-order valence-corrected chi connectivity index (χ3v) is 4.91. The van der Waals surface area contributed by atoms with Crippen LogP contribution in [0, 0.1) is 5.82 Å². The standard InChI is InChI=1S/C22H31FN2O7/c1-13(29-5)18(24-21(28)32-22(2,3)4)19(26)25-12-16(11-17(25)20(27)30-6)31-15-9-7-14(23)8-10-15/h7-10,13,16-18H,11-12H2,1-6H3,(H,24,28)/t13-,16+,17+,18+/m1/s1. The molecule has 2 rings (SSSR count). The molecule has 4 atom stereocenters. The summed E-state index contributed by atoms with van der Waals surface area (Å²) in [6.45, 7) is 6.80. The SMILES string of the molecule is COC(=O)[C@@H]1C[C@H](Oc2ccc(F)cc2)CN1C(=O)[C@@H](NC(=O)OC(C)(C)C)[C@@H](C)OC. The average Bonchev–Trinajstić information content (AvgIpc) is 3.14. The normalized spacial score (nSPS) is 20.3. The maximum absolute atomic E-state index is 13.4. The van der Waals surface area contributed by atoms with Crippen molar-refractivity contribution in [2.45, 2.75) is 64.0 Å². The Morgan fingerprint density at radius 1 is 1.16 bits per heavy atom. The van der Waals surface area contributed by atoms with E-state index in [1.165, 1.54) is 43.4 Å². The van der Waals surface area contributed by atoms with Crippen molar-refractivity contribution in [1.82, 2.24) is 10.2 Å². The molecule has 1 aliphatic rings. The average molecular weight is 454 g/mol. The molecule has 0 aromatic heterocycles. The van der Waals surface area contributed by atoms with E-state index in [0.717, 1.165) is 0 Å². The fourth-order valence-electron chi connectivity index (χ4n) is 3.32. The molecule has 1 heterocycles. The van der Waals surface area contributed by atoms with Crippen molar-refractivity contribution in [3.63, 3.8) is 0 Å². The number of likely N-dealkylation sites (tertiary alicyclic amines) is 1. The molecule has 1 fully saturated rings. The van der Waals surface area contributed by atoms with E-state index >= 15 is 0 Å². The number of halogens is 1. The Kier molecular flexibility index (Phi) is 8.43. The van der Waals surface area contributed by atoms with Gasteiger partial charge >= 0.3 is 12.1 Å². The van der Waals surface area contributed by atoms with Crippen LogP contribution >= 0.6 is 0 Å². The van der Waals surface area contributed by atoms with Gasteiger partial charge < -0.3 is 29.2 Å². The maximum atomic E-state index is 13.4. The molecule has 0 saturated carbocycles. The number of carbonyl (C=O) groups excluding carboxylic acids is 3. The Balaban J connectivity index is 2.21. The first-order valence-corrected chi connectivity index (χ1v) is 10.3. The van der Waals surface area contributed by atoms with Crippen molar-refractivity contribution in [2.75, 3.05) is 20.8 Å². The number of amides is 2. The number of benzene rings is 1. The number of methoxy groups -OCH3 is 2. The molecule has 1 saturated heterocycles. The summed E-state index contributed by atoms with van der Waals surface area (Å²) in [7, 11) is 2.64. The molecule has 0 radical (unpaired) electrons. The minimum absolute atomic E-state index is 0.0684. The van der Waals surface area contributed by atoms with Gasteiger partial charge in [0, 0.05) is 13.5 Å². The van der Waals surface area contributed by atoms with E-state index in [4.69, 9.17) is 18.9 Å². The number of nitrogens with one attached hydrogen (secondary N) is 1. The number of nitrogens with zero attached hydrogens (tertiary/aromatic N) is 1. The molecule has 1 aromatic carbocycles. The topological polar surface area (TPSA) is 103 Å². The summed E-state index contributed by atoms with van der Waals surface area (Å²) < 4.78 is 34.4. The Labute approximate surface area is 187 Å². The quantitative estimate of drug-likeness (QED) is 0.631. The third kappa shape index (κ3) is 6.81.